The molecule has 0 saturated carbocycles. The lowest BCUT2D eigenvalue weighted by atomic mass is 10.1. The molecule has 1 atom stereocenters. The van der Waals surface area contributed by atoms with Crippen LogP contribution in [-0.2, 0) is 16.1 Å². The quantitative estimate of drug-likeness (QED) is 0.719. The molecule has 1 N–H and O–H groups in total. The number of carbonyl (C=O) groups is 2. The number of aromatic nitrogens is 2. The van der Waals surface area contributed by atoms with Gasteiger partial charge in [-0.05, 0) is 29.8 Å². The molecule has 3 aromatic rings. The predicted molar refractivity (Wildman–Crippen MR) is 103 cm³/mol. The molecule has 148 valence electrons. The van der Waals surface area contributed by atoms with Crippen LogP contribution in [0.15, 0.2) is 53.1 Å². The summed E-state index contributed by atoms with van der Waals surface area (Å²) in [6, 6.07) is 13.2. The summed E-state index contributed by atoms with van der Waals surface area (Å²) < 4.78 is 18.0. The first-order valence-electron chi connectivity index (χ1n) is 9.23. The number of hydrogen-bond acceptors (Lipinski definition) is 5. The highest BCUT2D eigenvalue weighted by atomic mass is 19.1. The lowest BCUT2D eigenvalue weighted by Crippen LogP contribution is -2.32. The molecule has 1 aliphatic rings. The number of nitrogens with one attached hydrogen (secondary N) is 1. The van der Waals surface area contributed by atoms with E-state index >= 15 is 0 Å². The summed E-state index contributed by atoms with van der Waals surface area (Å²) in [5.41, 5.74) is 2.21. The van der Waals surface area contributed by atoms with Crippen molar-refractivity contribution in [2.45, 2.75) is 19.9 Å². The van der Waals surface area contributed by atoms with Crippen LogP contribution in [0.25, 0.3) is 11.4 Å². The summed E-state index contributed by atoms with van der Waals surface area (Å²) in [6.45, 7) is 2.29. The van der Waals surface area contributed by atoms with Gasteiger partial charge in [0.25, 0.3) is 0 Å². The lowest BCUT2D eigenvalue weighted by Gasteiger charge is -2.17. The maximum absolute atomic E-state index is 13.0. The van der Waals surface area contributed by atoms with Crippen molar-refractivity contribution < 1.29 is 18.5 Å². The van der Waals surface area contributed by atoms with E-state index in [0.717, 1.165) is 11.1 Å². The number of hydrogen-bond donors (Lipinski definition) is 1. The van der Waals surface area contributed by atoms with E-state index in [1.807, 2.05) is 18.2 Å². The average molecular weight is 394 g/mol. The number of rotatable bonds is 5. The Kier molecular flexibility index (Phi) is 5.07. The first-order chi connectivity index (χ1) is 14.0. The second-order valence-corrected chi connectivity index (χ2v) is 6.94. The van der Waals surface area contributed by atoms with Crippen LogP contribution < -0.4 is 10.2 Å². The smallest absolute Gasteiger partial charge is 0.227 e. The van der Waals surface area contributed by atoms with Gasteiger partial charge in [0.15, 0.2) is 0 Å². The van der Waals surface area contributed by atoms with Gasteiger partial charge in [0, 0.05) is 37.7 Å². The normalized spacial score (nSPS) is 16.3. The monoisotopic (exact) mass is 394 g/mol. The van der Waals surface area contributed by atoms with Gasteiger partial charge in [-0.2, -0.15) is 4.98 Å². The minimum Gasteiger partial charge on any atom is -0.352 e. The van der Waals surface area contributed by atoms with Gasteiger partial charge in [-0.25, -0.2) is 4.39 Å². The Morgan fingerprint density at radius 2 is 2.07 bits per heavy atom. The second-order valence-electron chi connectivity index (χ2n) is 6.94. The molecule has 1 unspecified atom stereocenters. The fraction of sp³-hybridized carbons (Fsp3) is 0.238. The van der Waals surface area contributed by atoms with Crippen molar-refractivity contribution in [1.29, 1.82) is 0 Å². The van der Waals surface area contributed by atoms with Gasteiger partial charge in [0.05, 0.1) is 5.92 Å². The maximum Gasteiger partial charge on any atom is 0.227 e. The second kappa shape index (κ2) is 7.83. The molecule has 8 heteroatoms. The topological polar surface area (TPSA) is 88.3 Å². The van der Waals surface area contributed by atoms with E-state index in [1.165, 1.54) is 12.1 Å². The molecule has 2 aromatic carbocycles. The van der Waals surface area contributed by atoms with Gasteiger partial charge in [-0.3, -0.25) is 9.59 Å². The highest BCUT2D eigenvalue weighted by Gasteiger charge is 2.35. The highest BCUT2D eigenvalue weighted by Crippen LogP contribution is 2.28. The first kappa shape index (κ1) is 18.8. The minimum atomic E-state index is -0.445. The average Bonchev–Trinajstić information content (AvgIpc) is 3.33. The van der Waals surface area contributed by atoms with E-state index in [9.17, 15) is 14.0 Å². The van der Waals surface area contributed by atoms with Crippen LogP contribution in [0.5, 0.6) is 0 Å². The summed E-state index contributed by atoms with van der Waals surface area (Å²) in [7, 11) is 0. The van der Waals surface area contributed by atoms with E-state index in [1.54, 1.807) is 30.0 Å². The number of amides is 2. The van der Waals surface area contributed by atoms with Gasteiger partial charge < -0.3 is 14.7 Å². The van der Waals surface area contributed by atoms with E-state index in [-0.39, 0.29) is 30.6 Å². The van der Waals surface area contributed by atoms with Crippen LogP contribution in [0.4, 0.5) is 10.1 Å². The third-order valence-electron chi connectivity index (χ3n) is 4.82. The SMILES string of the molecule is Cc1nc(-c2cccc(N3CC(C(=O)NCc4ccc(F)cc4)CC3=O)c2)no1. The third-order valence-corrected chi connectivity index (χ3v) is 4.82. The Hall–Kier alpha value is -3.55. The Morgan fingerprint density at radius 3 is 2.79 bits per heavy atom. The Labute approximate surface area is 166 Å². The van der Waals surface area contributed by atoms with Crippen LogP contribution in [0.1, 0.15) is 17.9 Å². The van der Waals surface area contributed by atoms with Crippen molar-refractivity contribution >= 4 is 17.5 Å². The van der Waals surface area contributed by atoms with Crippen LogP contribution in [0, 0.1) is 18.7 Å². The van der Waals surface area contributed by atoms with E-state index < -0.39 is 5.92 Å². The fourth-order valence-electron chi connectivity index (χ4n) is 3.30. The van der Waals surface area contributed by atoms with Crippen molar-refractivity contribution in [2.75, 3.05) is 11.4 Å². The molecule has 29 heavy (non-hydrogen) atoms. The molecule has 0 radical (unpaired) electrons. The van der Waals surface area contributed by atoms with Crippen molar-refractivity contribution in [3.8, 4) is 11.4 Å². The molecular weight excluding hydrogens is 375 g/mol. The summed E-state index contributed by atoms with van der Waals surface area (Å²) >= 11 is 0. The lowest BCUT2D eigenvalue weighted by molar-refractivity contribution is -0.126. The van der Waals surface area contributed by atoms with Crippen molar-refractivity contribution in [3.63, 3.8) is 0 Å². The third kappa shape index (κ3) is 4.16. The van der Waals surface area contributed by atoms with Crippen LogP contribution in [0.2, 0.25) is 0 Å². The number of aryl methyl sites for hydroxylation is 1. The Balaban J connectivity index is 1.42. The first-order valence-corrected chi connectivity index (χ1v) is 9.23. The summed E-state index contributed by atoms with van der Waals surface area (Å²) in [4.78, 5) is 30.8. The molecule has 1 fully saturated rings. The standard InChI is InChI=1S/C21H19FN4O3/c1-13-24-20(25-29-13)15-3-2-4-18(9-15)26-12-16(10-19(26)27)21(28)23-11-14-5-7-17(22)8-6-14/h2-9,16H,10-12H2,1H3,(H,23,28). The Bertz CT molecular complexity index is 1050. The summed E-state index contributed by atoms with van der Waals surface area (Å²) in [5, 5.41) is 6.72. The van der Waals surface area contributed by atoms with Crippen molar-refractivity contribution in [1.82, 2.24) is 15.5 Å². The molecule has 2 amide bonds. The molecule has 7 nitrogen and oxygen atoms in total. The van der Waals surface area contributed by atoms with Gasteiger partial charge in [0.2, 0.25) is 23.5 Å². The van der Waals surface area contributed by atoms with E-state index in [4.69, 9.17) is 4.52 Å². The molecule has 0 aliphatic carbocycles. The fourth-order valence-corrected chi connectivity index (χ4v) is 3.30. The van der Waals surface area contributed by atoms with Crippen LogP contribution in [0.3, 0.4) is 0 Å². The zero-order valence-corrected chi connectivity index (χ0v) is 15.8. The van der Waals surface area contributed by atoms with Gasteiger partial charge in [-0.1, -0.05) is 29.4 Å². The number of nitrogens with zero attached hydrogens (tertiary/aromatic N) is 3. The molecule has 1 aliphatic heterocycles. The van der Waals surface area contributed by atoms with Gasteiger partial charge >= 0.3 is 0 Å². The molecule has 0 bridgehead atoms. The Morgan fingerprint density at radius 1 is 1.28 bits per heavy atom. The van der Waals surface area contributed by atoms with Gasteiger partial charge in [-0.15, -0.1) is 0 Å². The zero-order valence-electron chi connectivity index (χ0n) is 15.8. The maximum atomic E-state index is 13.0. The molecule has 2 heterocycles. The molecular formula is C21H19FN4O3. The van der Waals surface area contributed by atoms with Crippen LogP contribution in [-0.4, -0.2) is 28.5 Å². The van der Waals surface area contributed by atoms with E-state index in [2.05, 4.69) is 15.5 Å². The van der Waals surface area contributed by atoms with Gasteiger partial charge in [0.1, 0.15) is 5.82 Å². The molecule has 1 aromatic heterocycles. The highest BCUT2D eigenvalue weighted by molar-refractivity contribution is 6.00. The van der Waals surface area contributed by atoms with Crippen LogP contribution >= 0.6 is 0 Å². The number of halogens is 1. The number of anilines is 1. The molecule has 4 rings (SSSR count). The minimum absolute atomic E-state index is 0.117. The predicted octanol–water partition coefficient (Wildman–Crippen LogP) is 2.85. The molecule has 0 spiro atoms. The number of benzene rings is 2. The largest absolute Gasteiger partial charge is 0.352 e. The van der Waals surface area contributed by atoms with E-state index in [0.29, 0.717) is 23.9 Å². The number of carbonyl (C=O) groups excluding carboxylic acids is 2. The van der Waals surface area contributed by atoms with Crippen molar-refractivity contribution in [3.05, 3.63) is 65.8 Å². The summed E-state index contributed by atoms with van der Waals surface area (Å²) in [6.07, 6.45) is 0.140. The molecule has 1 saturated heterocycles. The summed E-state index contributed by atoms with van der Waals surface area (Å²) in [5.74, 6) is -0.178. The van der Waals surface area contributed by atoms with Crippen molar-refractivity contribution in [2.24, 2.45) is 5.92 Å². The zero-order chi connectivity index (χ0) is 20.4.